The number of nitrogens with one attached hydrogen (secondary N) is 4. The van der Waals surface area contributed by atoms with Crippen LogP contribution in [0.25, 0.3) is 0 Å². The van der Waals surface area contributed by atoms with E-state index in [2.05, 4.69) is 34.8 Å². The number of aliphatic carboxylic acids is 2. The van der Waals surface area contributed by atoms with Crippen LogP contribution in [0.15, 0.2) is 72.8 Å². The summed E-state index contributed by atoms with van der Waals surface area (Å²) in [7, 11) is -14.8. The van der Waals surface area contributed by atoms with Gasteiger partial charge in [-0.2, -0.15) is 0 Å². The Morgan fingerprint density at radius 2 is 0.894 bits per heavy atom. The molecule has 0 fully saturated rings. The molecule has 0 radical (unpaired) electrons. The quantitative estimate of drug-likeness (QED) is 0.0484. The molecule has 0 heterocycles. The second kappa shape index (κ2) is 24.2. The van der Waals surface area contributed by atoms with Crippen molar-refractivity contribution in [1.82, 2.24) is 21.3 Å². The Morgan fingerprint density at radius 1 is 0.545 bits per heavy atom. The molecule has 0 saturated heterocycles. The van der Waals surface area contributed by atoms with Crippen molar-refractivity contribution < 1.29 is 95.6 Å². The van der Waals surface area contributed by atoms with E-state index in [9.17, 15) is 67.1 Å². The molecule has 0 aliphatic rings. The fourth-order valence-electron chi connectivity index (χ4n) is 6.00. The lowest BCUT2D eigenvalue weighted by molar-refractivity contribution is -0.143. The molecular weight excluding hydrogens is 939 g/mol. The molecule has 0 bridgehead atoms. The minimum Gasteiger partial charge on any atom is -0.481 e. The maximum Gasteiger partial charge on any atom is 0.524 e. The number of hydrogen-bond donors (Lipinski definition) is 13. The summed E-state index contributed by atoms with van der Waals surface area (Å²) in [5, 5.41) is 28.5. The first-order chi connectivity index (χ1) is 30.6. The SMILES string of the molecule is CC[C@H](C)[C@H](NC(=O)[C@H](Cc1ccc(OP(=O)(O)O)cc1)NC(=O)[C@H](Cc1ccc(OP(=O)(O)O)cc1)NC(=O)[C@@H](N)Cc1ccc(OP(=O)(O)O)cc1)C(=O)N[C@@H](CCC(=O)O)C(=O)O. The zero-order valence-corrected chi connectivity index (χ0v) is 37.7. The molecule has 14 N–H and O–H groups in total. The third-order valence-corrected chi connectivity index (χ3v) is 10.8. The molecule has 0 saturated carbocycles. The Morgan fingerprint density at radius 3 is 1.24 bits per heavy atom. The third-order valence-electron chi connectivity index (χ3n) is 9.44. The molecule has 6 atom stereocenters. The smallest absolute Gasteiger partial charge is 0.481 e. The van der Waals surface area contributed by atoms with Crippen molar-refractivity contribution in [2.24, 2.45) is 11.7 Å². The standard InChI is InChI=1S/C38H50N5O20P3/c1-3-21(2)33(37(49)40-29(38(50)51)16-17-32(44)45)43-36(48)31(20-24-8-14-27(15-9-24)63-66(58,59)60)42-35(47)30(19-23-6-12-26(13-7-23)62-65(55,56)57)41-34(46)28(39)18-22-4-10-25(11-5-22)61-64(52,53)54/h4-15,21,28-31,33H,3,16-20,39H2,1-2H3,(H,40,49)(H,41,46)(H,42,47)(H,43,48)(H,44,45)(H,50,51)(H2,52,53,54)(H2,55,56,57)(H2,58,59,60)/t21-,28-,29-,30-,31-,33-/m0/s1. The van der Waals surface area contributed by atoms with E-state index in [1.165, 1.54) is 60.7 Å². The van der Waals surface area contributed by atoms with Crippen LogP contribution in [0.2, 0.25) is 0 Å². The normalized spacial score (nSPS) is 14.5. The minimum absolute atomic E-state index is 0.171. The minimum atomic E-state index is -4.97. The van der Waals surface area contributed by atoms with Crippen LogP contribution in [0.1, 0.15) is 49.8 Å². The van der Waals surface area contributed by atoms with Crippen LogP contribution >= 0.6 is 23.5 Å². The van der Waals surface area contributed by atoms with Gasteiger partial charge in [0.1, 0.15) is 41.4 Å². The van der Waals surface area contributed by atoms with Gasteiger partial charge < -0.3 is 50.8 Å². The van der Waals surface area contributed by atoms with Gasteiger partial charge >= 0.3 is 35.4 Å². The number of hydrogen-bond acceptors (Lipinski definition) is 13. The number of phosphoric ester groups is 3. The summed E-state index contributed by atoms with van der Waals surface area (Å²) >= 11 is 0. The fraction of sp³-hybridized carbons (Fsp3) is 0.368. The fourth-order valence-corrected chi connectivity index (χ4v) is 7.19. The summed E-state index contributed by atoms with van der Waals surface area (Å²) in [5.74, 6) is -8.16. The summed E-state index contributed by atoms with van der Waals surface area (Å²) in [6.45, 7) is 3.22. The van der Waals surface area contributed by atoms with Crippen LogP contribution in [0.4, 0.5) is 0 Å². The summed E-state index contributed by atoms with van der Waals surface area (Å²) in [5.41, 5.74) is 7.16. The Labute approximate surface area is 376 Å². The molecule has 3 aromatic rings. The highest BCUT2D eigenvalue weighted by Gasteiger charge is 2.34. The van der Waals surface area contributed by atoms with Crippen molar-refractivity contribution in [3.63, 3.8) is 0 Å². The van der Waals surface area contributed by atoms with Crippen LogP contribution in [-0.2, 0) is 61.7 Å². The van der Waals surface area contributed by atoms with Crippen LogP contribution in [0.3, 0.4) is 0 Å². The van der Waals surface area contributed by atoms with E-state index in [0.717, 1.165) is 12.1 Å². The van der Waals surface area contributed by atoms with Gasteiger partial charge in [-0.1, -0.05) is 56.7 Å². The highest BCUT2D eigenvalue weighted by Crippen LogP contribution is 2.39. The van der Waals surface area contributed by atoms with E-state index >= 15 is 0 Å². The predicted octanol–water partition coefficient (Wildman–Crippen LogP) is 0.391. The molecule has 0 aliphatic carbocycles. The van der Waals surface area contributed by atoms with Gasteiger partial charge in [-0.3, -0.25) is 53.3 Å². The average molecular weight is 990 g/mol. The topological polar surface area (TPSA) is 417 Å². The van der Waals surface area contributed by atoms with Gasteiger partial charge in [0, 0.05) is 19.3 Å². The van der Waals surface area contributed by atoms with Gasteiger partial charge in [-0.05, 0) is 71.8 Å². The van der Waals surface area contributed by atoms with Crippen molar-refractivity contribution in [3.05, 3.63) is 89.5 Å². The molecule has 0 aliphatic heterocycles. The lowest BCUT2D eigenvalue weighted by Gasteiger charge is -2.29. The molecule has 4 amide bonds. The van der Waals surface area contributed by atoms with E-state index in [4.69, 9.17) is 20.6 Å². The zero-order chi connectivity index (χ0) is 49.6. The first-order valence-electron chi connectivity index (χ1n) is 19.5. The average Bonchev–Trinajstić information content (AvgIpc) is 3.20. The van der Waals surface area contributed by atoms with Crippen LogP contribution in [0, 0.1) is 5.92 Å². The highest BCUT2D eigenvalue weighted by molar-refractivity contribution is 7.47. The number of nitrogens with two attached hydrogens (primary N) is 1. The Balaban J connectivity index is 2.00. The van der Waals surface area contributed by atoms with Gasteiger partial charge in [-0.15, -0.1) is 0 Å². The Kier molecular flexibility index (Phi) is 20.0. The van der Waals surface area contributed by atoms with Crippen LogP contribution < -0.4 is 40.6 Å². The number of carboxylic acid groups (broad SMARTS) is 2. The third kappa shape index (κ3) is 19.8. The number of benzene rings is 3. The zero-order valence-electron chi connectivity index (χ0n) is 35.0. The molecule has 28 heteroatoms. The summed E-state index contributed by atoms with van der Waals surface area (Å²) in [6.07, 6.45) is -1.74. The van der Waals surface area contributed by atoms with Crippen molar-refractivity contribution >= 4 is 59.0 Å². The largest absolute Gasteiger partial charge is 0.524 e. The van der Waals surface area contributed by atoms with Gasteiger partial charge in [0.25, 0.3) is 0 Å². The summed E-state index contributed by atoms with van der Waals surface area (Å²) in [6, 6.07) is 7.45. The number of rotatable bonds is 26. The summed E-state index contributed by atoms with van der Waals surface area (Å²) < 4.78 is 47.6. The number of amides is 4. The molecule has 0 aromatic heterocycles. The first-order valence-corrected chi connectivity index (χ1v) is 24.1. The van der Waals surface area contributed by atoms with Gasteiger partial charge in [0.05, 0.1) is 6.04 Å². The molecule has 0 unspecified atom stereocenters. The van der Waals surface area contributed by atoms with E-state index in [-0.39, 0.29) is 54.1 Å². The van der Waals surface area contributed by atoms with Gasteiger partial charge in [0.15, 0.2) is 0 Å². The van der Waals surface area contributed by atoms with E-state index in [1.54, 1.807) is 13.8 Å². The second-order valence-electron chi connectivity index (χ2n) is 14.7. The first kappa shape index (κ1) is 54.6. The maximum absolute atomic E-state index is 14.3. The number of phosphoric acid groups is 3. The second-order valence-corrected chi connectivity index (χ2v) is 18.2. The number of carbonyl (C=O) groups excluding carboxylic acids is 4. The Bertz CT molecular complexity index is 2320. The van der Waals surface area contributed by atoms with E-state index < -0.39 is 108 Å². The van der Waals surface area contributed by atoms with Crippen molar-refractivity contribution in [2.75, 3.05) is 0 Å². The van der Waals surface area contributed by atoms with Gasteiger partial charge in [-0.25, -0.2) is 18.5 Å². The molecule has 66 heavy (non-hydrogen) atoms. The lowest BCUT2D eigenvalue weighted by Crippen LogP contribution is -2.60. The molecule has 362 valence electrons. The van der Waals surface area contributed by atoms with Gasteiger partial charge in [0.2, 0.25) is 23.6 Å². The van der Waals surface area contributed by atoms with Crippen LogP contribution in [-0.4, -0.2) is 105 Å². The van der Waals surface area contributed by atoms with Crippen LogP contribution in [0.5, 0.6) is 17.2 Å². The number of carbonyl (C=O) groups is 6. The summed E-state index contributed by atoms with van der Waals surface area (Å²) in [4.78, 5) is 134. The Hall–Kier alpha value is -5.71. The van der Waals surface area contributed by atoms with E-state index in [1.807, 2.05) is 0 Å². The molecule has 0 spiro atoms. The molecule has 3 rings (SSSR count). The maximum atomic E-state index is 14.3. The predicted molar refractivity (Wildman–Crippen MR) is 228 cm³/mol. The van der Waals surface area contributed by atoms with E-state index in [0.29, 0.717) is 5.56 Å². The molecule has 3 aromatic carbocycles. The molecular formula is C38H50N5O20P3. The lowest BCUT2D eigenvalue weighted by atomic mass is 9.96. The molecule has 25 nitrogen and oxygen atoms in total. The highest BCUT2D eigenvalue weighted by atomic mass is 31.2. The van der Waals surface area contributed by atoms with Crippen molar-refractivity contribution in [1.29, 1.82) is 0 Å². The van der Waals surface area contributed by atoms with Crippen molar-refractivity contribution in [2.45, 2.75) is 82.6 Å². The van der Waals surface area contributed by atoms with Crippen molar-refractivity contribution in [3.8, 4) is 17.2 Å². The monoisotopic (exact) mass is 989 g/mol. The number of carboxylic acids is 2.